The number of nitrogens with one attached hydrogen (secondary N) is 1. The summed E-state index contributed by atoms with van der Waals surface area (Å²) in [5.74, 6) is -0.643. The molecule has 1 aromatic rings. The van der Waals surface area contributed by atoms with E-state index in [4.69, 9.17) is 9.84 Å². The Morgan fingerprint density at radius 2 is 2.05 bits per heavy atom. The first-order chi connectivity index (χ1) is 8.88. The van der Waals surface area contributed by atoms with Crippen LogP contribution >= 0.6 is 0 Å². The fourth-order valence-electron chi connectivity index (χ4n) is 1.60. The molecule has 19 heavy (non-hydrogen) atoms. The molecule has 5 nitrogen and oxygen atoms in total. The minimum atomic E-state index is -1.06. The summed E-state index contributed by atoms with van der Waals surface area (Å²) in [6.45, 7) is 5.32. The van der Waals surface area contributed by atoms with Crippen molar-refractivity contribution < 1.29 is 19.4 Å². The van der Waals surface area contributed by atoms with Crippen molar-refractivity contribution in [1.29, 1.82) is 0 Å². The second kappa shape index (κ2) is 6.78. The van der Waals surface area contributed by atoms with Crippen molar-refractivity contribution in [1.82, 2.24) is 5.32 Å². The Balaban J connectivity index is 2.50. The summed E-state index contributed by atoms with van der Waals surface area (Å²) >= 11 is 0. The molecular weight excluding hydrogens is 246 g/mol. The van der Waals surface area contributed by atoms with Crippen LogP contribution in [0.15, 0.2) is 18.2 Å². The van der Waals surface area contributed by atoms with Crippen LogP contribution in [-0.2, 0) is 9.59 Å². The standard InChI is InChI=1S/C14H19NO4/c1-9-4-5-10(2)12(6-9)19-11(3)7-13(16)15-8-14(17)18/h4-6,11H,7-8H2,1-3H3,(H,15,16)(H,17,18). The van der Waals surface area contributed by atoms with E-state index in [0.717, 1.165) is 16.9 Å². The Hall–Kier alpha value is -2.04. The molecule has 0 fully saturated rings. The lowest BCUT2D eigenvalue weighted by molar-refractivity contribution is -0.138. The van der Waals surface area contributed by atoms with Crippen LogP contribution in [0.25, 0.3) is 0 Å². The van der Waals surface area contributed by atoms with Gasteiger partial charge in [-0.25, -0.2) is 0 Å². The van der Waals surface area contributed by atoms with Gasteiger partial charge in [-0.2, -0.15) is 0 Å². The van der Waals surface area contributed by atoms with Gasteiger partial charge < -0.3 is 15.2 Å². The van der Waals surface area contributed by atoms with Crippen molar-refractivity contribution in [3.8, 4) is 5.75 Å². The van der Waals surface area contributed by atoms with Crippen LogP contribution in [0.1, 0.15) is 24.5 Å². The molecule has 0 saturated carbocycles. The number of aliphatic carboxylic acids is 1. The lowest BCUT2D eigenvalue weighted by atomic mass is 10.1. The number of carbonyl (C=O) groups is 2. The fraction of sp³-hybridized carbons (Fsp3) is 0.429. The molecule has 104 valence electrons. The van der Waals surface area contributed by atoms with Gasteiger partial charge in [0.05, 0.1) is 6.42 Å². The van der Waals surface area contributed by atoms with Gasteiger partial charge in [0.25, 0.3) is 0 Å². The Labute approximate surface area is 112 Å². The Bertz CT molecular complexity index is 471. The first-order valence-electron chi connectivity index (χ1n) is 6.11. The zero-order valence-corrected chi connectivity index (χ0v) is 11.4. The normalized spacial score (nSPS) is 11.7. The van der Waals surface area contributed by atoms with E-state index < -0.39 is 5.97 Å². The number of hydrogen-bond acceptors (Lipinski definition) is 3. The summed E-state index contributed by atoms with van der Waals surface area (Å²) in [4.78, 5) is 21.8. The van der Waals surface area contributed by atoms with Gasteiger partial charge >= 0.3 is 5.97 Å². The Kier molecular flexibility index (Phi) is 5.36. The molecule has 1 aromatic carbocycles. The highest BCUT2D eigenvalue weighted by Crippen LogP contribution is 2.21. The predicted molar refractivity (Wildman–Crippen MR) is 71.3 cm³/mol. The Morgan fingerprint density at radius 1 is 1.37 bits per heavy atom. The zero-order valence-electron chi connectivity index (χ0n) is 11.4. The summed E-state index contributed by atoms with van der Waals surface area (Å²) in [6, 6.07) is 5.87. The average Bonchev–Trinajstić information content (AvgIpc) is 2.31. The highest BCUT2D eigenvalue weighted by atomic mass is 16.5. The van der Waals surface area contributed by atoms with Gasteiger partial charge in [-0.15, -0.1) is 0 Å². The number of amides is 1. The molecule has 5 heteroatoms. The smallest absolute Gasteiger partial charge is 0.322 e. The summed E-state index contributed by atoms with van der Waals surface area (Å²) in [6.07, 6.45) is -0.185. The number of hydrogen-bond donors (Lipinski definition) is 2. The molecule has 2 N–H and O–H groups in total. The number of rotatable bonds is 6. The maximum Gasteiger partial charge on any atom is 0.322 e. The van der Waals surface area contributed by atoms with E-state index in [9.17, 15) is 9.59 Å². The molecule has 0 bridgehead atoms. The molecule has 0 radical (unpaired) electrons. The largest absolute Gasteiger partial charge is 0.490 e. The van der Waals surface area contributed by atoms with Gasteiger partial charge in [-0.1, -0.05) is 12.1 Å². The third-order valence-electron chi connectivity index (χ3n) is 2.58. The molecular formula is C14H19NO4. The molecule has 1 amide bonds. The molecule has 1 atom stereocenters. The fourth-order valence-corrected chi connectivity index (χ4v) is 1.60. The van der Waals surface area contributed by atoms with E-state index in [1.807, 2.05) is 32.0 Å². The van der Waals surface area contributed by atoms with E-state index in [0.29, 0.717) is 0 Å². The van der Waals surface area contributed by atoms with E-state index in [2.05, 4.69) is 5.32 Å². The number of carbonyl (C=O) groups excluding carboxylic acids is 1. The van der Waals surface area contributed by atoms with Crippen LogP contribution in [0.3, 0.4) is 0 Å². The van der Waals surface area contributed by atoms with E-state index in [-0.39, 0.29) is 25.0 Å². The number of carboxylic acids is 1. The number of benzene rings is 1. The monoisotopic (exact) mass is 265 g/mol. The van der Waals surface area contributed by atoms with Crippen molar-refractivity contribution in [2.75, 3.05) is 6.54 Å². The molecule has 0 aliphatic heterocycles. The molecule has 0 saturated heterocycles. The van der Waals surface area contributed by atoms with E-state index >= 15 is 0 Å². The van der Waals surface area contributed by atoms with Crippen LogP contribution in [0.2, 0.25) is 0 Å². The van der Waals surface area contributed by atoms with Crippen LogP contribution < -0.4 is 10.1 Å². The van der Waals surface area contributed by atoms with Crippen molar-refractivity contribution in [3.63, 3.8) is 0 Å². The maximum atomic E-state index is 11.4. The topological polar surface area (TPSA) is 75.6 Å². The molecule has 0 aromatic heterocycles. The van der Waals surface area contributed by atoms with E-state index in [1.54, 1.807) is 6.92 Å². The van der Waals surface area contributed by atoms with Crippen LogP contribution in [-0.4, -0.2) is 29.6 Å². The number of aryl methyl sites for hydroxylation is 2. The van der Waals surface area contributed by atoms with Crippen molar-refractivity contribution in [3.05, 3.63) is 29.3 Å². The first kappa shape index (κ1) is 15.0. The van der Waals surface area contributed by atoms with Crippen LogP contribution in [0.5, 0.6) is 5.75 Å². The summed E-state index contributed by atoms with van der Waals surface area (Å²) in [5, 5.41) is 10.8. The molecule has 1 unspecified atom stereocenters. The third-order valence-corrected chi connectivity index (χ3v) is 2.58. The maximum absolute atomic E-state index is 11.4. The van der Waals surface area contributed by atoms with Crippen LogP contribution in [0, 0.1) is 13.8 Å². The SMILES string of the molecule is Cc1ccc(C)c(OC(C)CC(=O)NCC(=O)O)c1. The minimum Gasteiger partial charge on any atom is -0.490 e. The van der Waals surface area contributed by atoms with Crippen molar-refractivity contribution in [2.24, 2.45) is 0 Å². The van der Waals surface area contributed by atoms with Crippen molar-refractivity contribution in [2.45, 2.75) is 33.3 Å². The van der Waals surface area contributed by atoms with Gasteiger partial charge in [0, 0.05) is 0 Å². The summed E-state index contributed by atoms with van der Waals surface area (Å²) < 4.78 is 5.70. The predicted octanol–water partition coefficient (Wildman–Crippen LogP) is 1.66. The number of carboxylic acid groups (broad SMARTS) is 1. The highest BCUT2D eigenvalue weighted by molar-refractivity contribution is 5.81. The van der Waals surface area contributed by atoms with Gasteiger partial charge in [0.1, 0.15) is 18.4 Å². The molecule has 0 heterocycles. The lowest BCUT2D eigenvalue weighted by Crippen LogP contribution is -2.32. The third kappa shape index (κ3) is 5.42. The minimum absolute atomic E-state index is 0.126. The van der Waals surface area contributed by atoms with E-state index in [1.165, 1.54) is 0 Å². The van der Waals surface area contributed by atoms with Gasteiger partial charge in [-0.05, 0) is 38.0 Å². The zero-order chi connectivity index (χ0) is 14.4. The van der Waals surface area contributed by atoms with Crippen molar-refractivity contribution >= 4 is 11.9 Å². The summed E-state index contributed by atoms with van der Waals surface area (Å²) in [5.41, 5.74) is 2.09. The molecule has 0 aliphatic carbocycles. The quantitative estimate of drug-likeness (QED) is 0.820. The molecule has 1 rings (SSSR count). The lowest BCUT2D eigenvalue weighted by Gasteiger charge is -2.16. The van der Waals surface area contributed by atoms with Gasteiger partial charge in [-0.3, -0.25) is 9.59 Å². The summed E-state index contributed by atoms with van der Waals surface area (Å²) in [7, 11) is 0. The average molecular weight is 265 g/mol. The molecule has 0 aliphatic rings. The Morgan fingerprint density at radius 3 is 2.68 bits per heavy atom. The number of ether oxygens (including phenoxy) is 1. The van der Waals surface area contributed by atoms with Gasteiger partial charge in [0.2, 0.25) is 5.91 Å². The first-order valence-corrected chi connectivity index (χ1v) is 6.11. The second-order valence-corrected chi connectivity index (χ2v) is 4.57. The van der Waals surface area contributed by atoms with Gasteiger partial charge in [0.15, 0.2) is 0 Å². The highest BCUT2D eigenvalue weighted by Gasteiger charge is 2.12. The second-order valence-electron chi connectivity index (χ2n) is 4.57. The molecule has 0 spiro atoms. The van der Waals surface area contributed by atoms with Crippen LogP contribution in [0.4, 0.5) is 0 Å².